The number of nitrogens with zero attached hydrogens (tertiary/aromatic N) is 4. The van der Waals surface area contributed by atoms with Gasteiger partial charge in [0.15, 0.2) is 0 Å². The summed E-state index contributed by atoms with van der Waals surface area (Å²) >= 11 is 0. The Balaban J connectivity index is 1.92. The minimum atomic E-state index is 0.673. The van der Waals surface area contributed by atoms with Crippen LogP contribution in [0.15, 0.2) is 30.6 Å². The van der Waals surface area contributed by atoms with Gasteiger partial charge in [0.2, 0.25) is 0 Å². The molecule has 2 aromatic rings. The van der Waals surface area contributed by atoms with Crippen molar-refractivity contribution in [2.45, 2.75) is 32.2 Å². The number of pyridine rings is 2. The third-order valence-corrected chi connectivity index (χ3v) is 3.93. The molecule has 0 N–H and O–H groups in total. The molecule has 106 valence electrons. The number of fused-ring (bicyclic) bond motifs is 1. The largest absolute Gasteiger partial charge is 0.354 e. The molecule has 2 aromatic heterocycles. The minimum Gasteiger partial charge on any atom is -0.354 e. The molecule has 0 fully saturated rings. The molecule has 1 aliphatic carbocycles. The average molecular weight is 278 g/mol. The van der Waals surface area contributed by atoms with Crippen LogP contribution < -0.4 is 4.90 Å². The summed E-state index contributed by atoms with van der Waals surface area (Å²) in [5.41, 5.74) is 4.25. The van der Waals surface area contributed by atoms with E-state index in [1.807, 2.05) is 30.1 Å². The Morgan fingerprint density at radius 1 is 1.24 bits per heavy atom. The van der Waals surface area contributed by atoms with E-state index in [2.05, 4.69) is 11.1 Å². The summed E-state index contributed by atoms with van der Waals surface area (Å²) in [4.78, 5) is 10.8. The van der Waals surface area contributed by atoms with Crippen LogP contribution in [0.2, 0.25) is 0 Å². The van der Waals surface area contributed by atoms with Gasteiger partial charge in [0.1, 0.15) is 11.9 Å². The fraction of sp³-hybridized carbons (Fsp3) is 0.353. The van der Waals surface area contributed by atoms with Crippen molar-refractivity contribution in [1.29, 1.82) is 5.26 Å². The van der Waals surface area contributed by atoms with E-state index in [4.69, 9.17) is 4.98 Å². The lowest BCUT2D eigenvalue weighted by Crippen LogP contribution is -2.21. The Kier molecular flexibility index (Phi) is 3.83. The molecule has 0 spiro atoms. The summed E-state index contributed by atoms with van der Waals surface area (Å²) in [6, 6.07) is 8.30. The first-order chi connectivity index (χ1) is 10.3. The van der Waals surface area contributed by atoms with Gasteiger partial charge in [0, 0.05) is 31.7 Å². The van der Waals surface area contributed by atoms with Gasteiger partial charge in [-0.3, -0.25) is 4.98 Å². The Morgan fingerprint density at radius 2 is 2.00 bits per heavy atom. The molecular formula is C17H18N4. The van der Waals surface area contributed by atoms with Crippen LogP contribution in [-0.2, 0) is 19.4 Å². The first-order valence-corrected chi connectivity index (χ1v) is 7.31. The van der Waals surface area contributed by atoms with Crippen LogP contribution in [0.4, 0.5) is 5.82 Å². The average Bonchev–Trinajstić information content (AvgIpc) is 2.54. The molecule has 0 bridgehead atoms. The topological polar surface area (TPSA) is 52.8 Å². The minimum absolute atomic E-state index is 0.673. The van der Waals surface area contributed by atoms with Crippen molar-refractivity contribution in [2.75, 3.05) is 11.9 Å². The second-order valence-corrected chi connectivity index (χ2v) is 5.50. The maximum atomic E-state index is 9.41. The monoisotopic (exact) mass is 278 g/mol. The van der Waals surface area contributed by atoms with Crippen LogP contribution >= 0.6 is 0 Å². The third-order valence-electron chi connectivity index (χ3n) is 3.93. The summed E-state index contributed by atoms with van der Waals surface area (Å²) < 4.78 is 0. The first-order valence-electron chi connectivity index (χ1n) is 7.31. The number of nitriles is 1. The zero-order chi connectivity index (χ0) is 14.7. The molecule has 4 heteroatoms. The predicted molar refractivity (Wildman–Crippen MR) is 81.9 cm³/mol. The highest BCUT2D eigenvalue weighted by Gasteiger charge is 2.17. The van der Waals surface area contributed by atoms with Gasteiger partial charge < -0.3 is 4.90 Å². The summed E-state index contributed by atoms with van der Waals surface area (Å²) in [6.45, 7) is 0.725. The normalized spacial score (nSPS) is 13.3. The lowest BCUT2D eigenvalue weighted by atomic mass is 9.95. The third kappa shape index (κ3) is 2.87. The van der Waals surface area contributed by atoms with Crippen molar-refractivity contribution >= 4 is 5.82 Å². The van der Waals surface area contributed by atoms with E-state index >= 15 is 0 Å². The van der Waals surface area contributed by atoms with Crippen molar-refractivity contribution in [1.82, 2.24) is 9.97 Å². The maximum Gasteiger partial charge on any atom is 0.146 e. The molecule has 1 aliphatic rings. The fourth-order valence-corrected chi connectivity index (χ4v) is 2.83. The highest BCUT2D eigenvalue weighted by molar-refractivity contribution is 5.56. The molecular weight excluding hydrogens is 260 g/mol. The van der Waals surface area contributed by atoms with Crippen LogP contribution in [0.1, 0.15) is 35.2 Å². The van der Waals surface area contributed by atoms with E-state index < -0.39 is 0 Å². The van der Waals surface area contributed by atoms with E-state index in [-0.39, 0.29) is 0 Å². The molecule has 4 nitrogen and oxygen atoms in total. The van der Waals surface area contributed by atoms with Crippen LogP contribution in [0.5, 0.6) is 0 Å². The number of hydrogen-bond acceptors (Lipinski definition) is 4. The molecule has 3 rings (SSSR count). The van der Waals surface area contributed by atoms with Crippen molar-refractivity contribution in [3.63, 3.8) is 0 Å². The molecule has 0 unspecified atom stereocenters. The molecule has 0 aliphatic heterocycles. The van der Waals surface area contributed by atoms with E-state index in [0.717, 1.165) is 36.5 Å². The zero-order valence-electron chi connectivity index (χ0n) is 12.2. The number of hydrogen-bond donors (Lipinski definition) is 0. The summed E-state index contributed by atoms with van der Waals surface area (Å²) in [6.07, 6.45) is 8.04. The second kappa shape index (κ2) is 5.92. The van der Waals surface area contributed by atoms with Gasteiger partial charge in [0.05, 0.1) is 5.56 Å². The Morgan fingerprint density at radius 3 is 2.76 bits per heavy atom. The molecule has 0 amide bonds. The standard InChI is InChI=1S/C17H18N4/c1-21(12-13-6-8-19-9-7-13)17-15(11-18)10-14-4-2-3-5-16(14)20-17/h6-10H,2-5,12H2,1H3. The van der Waals surface area contributed by atoms with Gasteiger partial charge in [-0.15, -0.1) is 0 Å². The van der Waals surface area contributed by atoms with Gasteiger partial charge >= 0.3 is 0 Å². The number of aromatic nitrogens is 2. The molecule has 0 radical (unpaired) electrons. The van der Waals surface area contributed by atoms with Crippen molar-refractivity contribution in [2.24, 2.45) is 0 Å². The van der Waals surface area contributed by atoms with Crippen LogP contribution in [0.3, 0.4) is 0 Å². The second-order valence-electron chi connectivity index (χ2n) is 5.50. The number of rotatable bonds is 3. The Hall–Kier alpha value is -2.41. The zero-order valence-corrected chi connectivity index (χ0v) is 12.2. The van der Waals surface area contributed by atoms with E-state index in [1.165, 1.54) is 18.4 Å². The van der Waals surface area contributed by atoms with Gasteiger partial charge in [-0.1, -0.05) is 0 Å². The summed E-state index contributed by atoms with van der Waals surface area (Å²) in [5.74, 6) is 0.787. The molecule has 21 heavy (non-hydrogen) atoms. The van der Waals surface area contributed by atoms with Gasteiger partial charge in [0.25, 0.3) is 0 Å². The maximum absolute atomic E-state index is 9.41. The van der Waals surface area contributed by atoms with E-state index in [9.17, 15) is 5.26 Å². The van der Waals surface area contributed by atoms with E-state index in [0.29, 0.717) is 5.56 Å². The quantitative estimate of drug-likeness (QED) is 0.866. The van der Waals surface area contributed by atoms with E-state index in [1.54, 1.807) is 12.4 Å². The predicted octanol–water partition coefficient (Wildman–Crippen LogP) is 2.86. The van der Waals surface area contributed by atoms with Crippen molar-refractivity contribution in [3.8, 4) is 6.07 Å². The first kappa shape index (κ1) is 13.6. The summed E-state index contributed by atoms with van der Waals surface area (Å²) in [7, 11) is 1.98. The van der Waals surface area contributed by atoms with Crippen LogP contribution in [0.25, 0.3) is 0 Å². The lowest BCUT2D eigenvalue weighted by Gasteiger charge is -2.23. The SMILES string of the molecule is CN(Cc1ccncc1)c1nc2c(cc1C#N)CCCC2. The van der Waals surface area contributed by atoms with Gasteiger partial charge in [-0.25, -0.2) is 4.98 Å². The van der Waals surface area contributed by atoms with Crippen LogP contribution in [-0.4, -0.2) is 17.0 Å². The molecule has 2 heterocycles. The molecule has 0 aromatic carbocycles. The van der Waals surface area contributed by atoms with Crippen LogP contribution in [0, 0.1) is 11.3 Å². The molecule has 0 saturated carbocycles. The number of anilines is 1. The fourth-order valence-electron chi connectivity index (χ4n) is 2.83. The Labute approximate surface area is 125 Å². The smallest absolute Gasteiger partial charge is 0.146 e. The van der Waals surface area contributed by atoms with Crippen molar-refractivity contribution < 1.29 is 0 Å². The van der Waals surface area contributed by atoms with Crippen molar-refractivity contribution in [3.05, 3.63) is 53.0 Å². The Bertz CT molecular complexity index is 673. The highest BCUT2D eigenvalue weighted by Crippen LogP contribution is 2.26. The molecule has 0 atom stereocenters. The lowest BCUT2D eigenvalue weighted by molar-refractivity contribution is 0.665. The van der Waals surface area contributed by atoms with Gasteiger partial charge in [-0.05, 0) is 55.0 Å². The summed E-state index contributed by atoms with van der Waals surface area (Å²) in [5, 5.41) is 9.41. The van der Waals surface area contributed by atoms with Gasteiger partial charge in [-0.2, -0.15) is 5.26 Å². The molecule has 0 saturated heterocycles. The number of aryl methyl sites for hydroxylation is 2. The highest BCUT2D eigenvalue weighted by atomic mass is 15.2.